The average molecular weight is 479 g/mol. The van der Waals surface area contributed by atoms with Crippen LogP contribution in [0.4, 0.5) is 0 Å². The molecule has 0 aliphatic carbocycles. The maximum atomic E-state index is 4.29. The number of rotatable bonds is 7. The summed E-state index contributed by atoms with van der Waals surface area (Å²) in [4.78, 5) is 4.29. The van der Waals surface area contributed by atoms with Crippen molar-refractivity contribution < 1.29 is 0 Å². The molecule has 7 nitrogen and oxygen atoms in total. The zero-order valence-corrected chi connectivity index (χ0v) is 18.0. The number of hydrogen-bond donors (Lipinski definition) is 2. The van der Waals surface area contributed by atoms with E-state index in [1.54, 1.807) is 13.2 Å². The molecule has 0 saturated heterocycles. The van der Waals surface area contributed by atoms with E-state index >= 15 is 0 Å². The number of benzene rings is 1. The van der Waals surface area contributed by atoms with Crippen LogP contribution in [-0.4, -0.2) is 39.1 Å². The first-order chi connectivity index (χ1) is 12.7. The average Bonchev–Trinajstić information content (AvgIpc) is 3.31. The lowest BCUT2D eigenvalue weighted by Crippen LogP contribution is -2.38. The minimum Gasteiger partial charge on any atom is -0.355 e. The van der Waals surface area contributed by atoms with Crippen molar-refractivity contribution in [1.82, 2.24) is 30.2 Å². The Morgan fingerprint density at radius 1 is 1.07 bits per heavy atom. The molecule has 0 bridgehead atoms. The first kappa shape index (κ1) is 20.9. The molecule has 144 valence electrons. The van der Waals surface area contributed by atoms with Crippen LogP contribution in [0.2, 0.25) is 0 Å². The molecule has 0 fully saturated rings. The third-order valence-electron chi connectivity index (χ3n) is 4.08. The summed E-state index contributed by atoms with van der Waals surface area (Å²) in [6.45, 7) is 5.06. The van der Waals surface area contributed by atoms with Gasteiger partial charge < -0.3 is 10.6 Å². The van der Waals surface area contributed by atoms with Gasteiger partial charge in [0.05, 0.1) is 19.3 Å². The number of guanidine groups is 1. The molecule has 0 amide bonds. The van der Waals surface area contributed by atoms with E-state index in [0.717, 1.165) is 25.6 Å². The van der Waals surface area contributed by atoms with E-state index in [9.17, 15) is 0 Å². The van der Waals surface area contributed by atoms with Crippen molar-refractivity contribution in [1.29, 1.82) is 0 Å². The van der Waals surface area contributed by atoms with E-state index in [2.05, 4.69) is 50.1 Å². The van der Waals surface area contributed by atoms with Gasteiger partial charge in [0.25, 0.3) is 0 Å². The molecule has 2 heterocycles. The van der Waals surface area contributed by atoms with Crippen molar-refractivity contribution in [2.24, 2.45) is 4.99 Å². The summed E-state index contributed by atoms with van der Waals surface area (Å²) in [5.41, 5.74) is 3.64. The normalized spacial score (nSPS) is 11.1. The Morgan fingerprint density at radius 2 is 1.89 bits per heavy atom. The van der Waals surface area contributed by atoms with Crippen LogP contribution in [0, 0.1) is 6.92 Å². The Morgan fingerprint density at radius 3 is 2.56 bits per heavy atom. The number of nitrogens with zero attached hydrogens (tertiary/aromatic N) is 5. The van der Waals surface area contributed by atoms with Gasteiger partial charge in [-0.25, -0.2) is 0 Å². The van der Waals surface area contributed by atoms with Crippen LogP contribution in [-0.2, 0) is 19.6 Å². The fourth-order valence-corrected chi connectivity index (χ4v) is 2.73. The van der Waals surface area contributed by atoms with Crippen molar-refractivity contribution in [3.05, 3.63) is 71.8 Å². The van der Waals surface area contributed by atoms with E-state index in [-0.39, 0.29) is 24.0 Å². The Balaban J connectivity index is 0.00000261. The van der Waals surface area contributed by atoms with Gasteiger partial charge in [0, 0.05) is 38.7 Å². The molecule has 2 N–H and O–H groups in total. The summed E-state index contributed by atoms with van der Waals surface area (Å²) in [5, 5.41) is 15.3. The Labute approximate surface area is 176 Å². The zero-order valence-electron chi connectivity index (χ0n) is 15.7. The molecule has 0 saturated carbocycles. The number of nitrogens with one attached hydrogen (secondary N) is 2. The second-order valence-corrected chi connectivity index (χ2v) is 6.11. The summed E-state index contributed by atoms with van der Waals surface area (Å²) in [5.74, 6) is 0.780. The van der Waals surface area contributed by atoms with Gasteiger partial charge in [-0.05, 0) is 29.7 Å². The molecule has 3 rings (SSSR count). The van der Waals surface area contributed by atoms with E-state index in [4.69, 9.17) is 0 Å². The fourth-order valence-electron chi connectivity index (χ4n) is 2.73. The zero-order chi connectivity index (χ0) is 18.2. The molecular weight excluding hydrogens is 453 g/mol. The monoisotopic (exact) mass is 479 g/mol. The second kappa shape index (κ2) is 10.7. The second-order valence-electron chi connectivity index (χ2n) is 6.11. The first-order valence-electron chi connectivity index (χ1n) is 8.72. The van der Waals surface area contributed by atoms with E-state index in [0.29, 0.717) is 6.54 Å². The summed E-state index contributed by atoms with van der Waals surface area (Å²) in [6.07, 6.45) is 7.67. The highest BCUT2D eigenvalue weighted by molar-refractivity contribution is 14.0. The van der Waals surface area contributed by atoms with E-state index in [1.807, 2.05) is 40.9 Å². The Bertz CT molecular complexity index is 839. The number of aliphatic imine (C=N–C) groups is 1. The van der Waals surface area contributed by atoms with Crippen LogP contribution < -0.4 is 10.6 Å². The molecule has 8 heteroatoms. The highest BCUT2D eigenvalue weighted by Gasteiger charge is 2.05. The lowest BCUT2D eigenvalue weighted by molar-refractivity contribution is 0.597. The van der Waals surface area contributed by atoms with Crippen LogP contribution in [0.1, 0.15) is 16.7 Å². The molecule has 3 aromatic rings. The summed E-state index contributed by atoms with van der Waals surface area (Å²) in [6, 6.07) is 10.3. The van der Waals surface area contributed by atoms with Crippen LogP contribution >= 0.6 is 24.0 Å². The maximum Gasteiger partial charge on any atom is 0.191 e. The predicted molar refractivity (Wildman–Crippen MR) is 118 cm³/mol. The van der Waals surface area contributed by atoms with Gasteiger partial charge in [-0.1, -0.05) is 24.3 Å². The maximum absolute atomic E-state index is 4.29. The highest BCUT2D eigenvalue weighted by Crippen LogP contribution is 2.10. The molecule has 0 spiro atoms. The van der Waals surface area contributed by atoms with Gasteiger partial charge in [-0.2, -0.15) is 10.2 Å². The molecule has 0 aliphatic rings. The van der Waals surface area contributed by atoms with Crippen molar-refractivity contribution in [3.8, 4) is 0 Å². The van der Waals surface area contributed by atoms with E-state index in [1.165, 1.54) is 16.7 Å². The minimum absolute atomic E-state index is 0. The fraction of sp³-hybridized carbons (Fsp3) is 0.316. The minimum atomic E-state index is 0. The van der Waals surface area contributed by atoms with Crippen LogP contribution in [0.25, 0.3) is 0 Å². The van der Waals surface area contributed by atoms with Crippen molar-refractivity contribution >= 4 is 29.9 Å². The topological polar surface area (TPSA) is 72.1 Å². The Hall–Kier alpha value is -2.36. The number of aromatic nitrogens is 4. The van der Waals surface area contributed by atoms with Gasteiger partial charge >= 0.3 is 0 Å². The van der Waals surface area contributed by atoms with E-state index < -0.39 is 0 Å². The van der Waals surface area contributed by atoms with Crippen LogP contribution in [0.3, 0.4) is 0 Å². The van der Waals surface area contributed by atoms with Crippen molar-refractivity contribution in [3.63, 3.8) is 0 Å². The van der Waals surface area contributed by atoms with Crippen molar-refractivity contribution in [2.75, 3.05) is 13.6 Å². The van der Waals surface area contributed by atoms with Crippen LogP contribution in [0.15, 0.2) is 60.1 Å². The van der Waals surface area contributed by atoms with Gasteiger partial charge in [-0.15, -0.1) is 24.0 Å². The highest BCUT2D eigenvalue weighted by atomic mass is 127. The lowest BCUT2D eigenvalue weighted by atomic mass is 10.1. The van der Waals surface area contributed by atoms with Gasteiger partial charge in [0.2, 0.25) is 0 Å². The first-order valence-corrected chi connectivity index (χ1v) is 8.72. The summed E-state index contributed by atoms with van der Waals surface area (Å²) in [7, 11) is 1.78. The molecule has 0 unspecified atom stereocenters. The van der Waals surface area contributed by atoms with Gasteiger partial charge in [0.1, 0.15) is 0 Å². The molecule has 27 heavy (non-hydrogen) atoms. The smallest absolute Gasteiger partial charge is 0.191 e. The Kier molecular flexibility index (Phi) is 8.31. The summed E-state index contributed by atoms with van der Waals surface area (Å²) >= 11 is 0. The largest absolute Gasteiger partial charge is 0.355 e. The number of hydrogen-bond acceptors (Lipinski definition) is 3. The molecule has 0 atom stereocenters. The molecule has 1 aromatic carbocycles. The molecule has 0 radical (unpaired) electrons. The molecule has 0 aliphatic heterocycles. The van der Waals surface area contributed by atoms with Gasteiger partial charge in [0.15, 0.2) is 5.96 Å². The number of aryl methyl sites for hydroxylation is 1. The molecular formula is C19H26IN7. The SMILES string of the molecule is CN=C(NCCn1cc(C)cn1)NCc1ccccc1Cn1cccn1.I. The third kappa shape index (κ3) is 6.38. The predicted octanol–water partition coefficient (Wildman–Crippen LogP) is 2.42. The number of halogens is 1. The van der Waals surface area contributed by atoms with Crippen molar-refractivity contribution in [2.45, 2.75) is 26.6 Å². The molecule has 2 aromatic heterocycles. The third-order valence-corrected chi connectivity index (χ3v) is 4.08. The van der Waals surface area contributed by atoms with Crippen LogP contribution in [0.5, 0.6) is 0 Å². The summed E-state index contributed by atoms with van der Waals surface area (Å²) < 4.78 is 3.85. The standard InChI is InChI=1S/C19H25N7.HI/c1-16-12-24-26(14-16)11-9-21-19(20-2)22-13-17-6-3-4-7-18(17)15-25-10-5-8-23-25;/h3-8,10,12,14H,9,11,13,15H2,1-2H3,(H2,20,21,22);1H. The quantitative estimate of drug-likeness (QED) is 0.310. The van der Waals surface area contributed by atoms with Gasteiger partial charge in [-0.3, -0.25) is 14.4 Å². The lowest BCUT2D eigenvalue weighted by Gasteiger charge is -2.14.